The molecule has 3 fully saturated rings. The normalized spacial score (nSPS) is 34.0. The molecule has 3 N–H and O–H groups in total. The zero-order valence-electron chi connectivity index (χ0n) is 19.1. The first kappa shape index (κ1) is 23.1. The molecule has 0 aliphatic carbocycles. The predicted molar refractivity (Wildman–Crippen MR) is 124 cm³/mol. The lowest BCUT2D eigenvalue weighted by Gasteiger charge is -2.36. The van der Waals surface area contributed by atoms with Crippen molar-refractivity contribution in [3.8, 4) is 0 Å². The first-order valence-corrected chi connectivity index (χ1v) is 12.2. The fourth-order valence-corrected chi connectivity index (χ4v) is 8.23. The molecule has 3 amide bonds. The average molecular weight is 460 g/mol. The average Bonchev–Trinajstić information content (AvgIpc) is 3.32. The largest absolute Gasteiger partial charge is 0.394 e. The van der Waals surface area contributed by atoms with Crippen LogP contribution in [0.1, 0.15) is 46.1 Å². The van der Waals surface area contributed by atoms with Crippen LogP contribution in [0.2, 0.25) is 0 Å². The molecule has 3 aliphatic heterocycles. The van der Waals surface area contributed by atoms with E-state index in [1.54, 1.807) is 23.6 Å². The molecule has 7 nitrogen and oxygen atoms in total. The van der Waals surface area contributed by atoms with Gasteiger partial charge in [-0.1, -0.05) is 30.3 Å². The number of rotatable bonds is 7. The van der Waals surface area contributed by atoms with E-state index in [1.165, 1.54) is 0 Å². The summed E-state index contributed by atoms with van der Waals surface area (Å²) in [4.78, 5) is 42.1. The summed E-state index contributed by atoms with van der Waals surface area (Å²) in [5.74, 6) is -1.60. The molecule has 0 aromatic heterocycles. The van der Waals surface area contributed by atoms with Crippen molar-refractivity contribution in [2.24, 2.45) is 11.8 Å². The summed E-state index contributed by atoms with van der Waals surface area (Å²) in [6.07, 6.45) is 1.48. The van der Waals surface area contributed by atoms with Crippen molar-refractivity contribution in [1.29, 1.82) is 0 Å². The summed E-state index contributed by atoms with van der Waals surface area (Å²) in [7, 11) is 0. The second kappa shape index (κ2) is 8.37. The number of thioether (sulfide) groups is 1. The number of hydrogen-bond acceptors (Lipinski definition) is 5. The molecule has 32 heavy (non-hydrogen) atoms. The minimum Gasteiger partial charge on any atom is -0.394 e. The topological polar surface area (TPSA) is 98.7 Å². The molecule has 0 radical (unpaired) electrons. The van der Waals surface area contributed by atoms with E-state index in [9.17, 15) is 19.5 Å². The molecule has 1 spiro atoms. The van der Waals surface area contributed by atoms with Gasteiger partial charge in [0.05, 0.1) is 29.2 Å². The third kappa shape index (κ3) is 3.52. The Balaban J connectivity index is 1.67. The molecule has 1 aromatic carbocycles. The Morgan fingerprint density at radius 2 is 1.88 bits per heavy atom. The Kier molecular flexibility index (Phi) is 6.05. The summed E-state index contributed by atoms with van der Waals surface area (Å²) in [5.41, 5.74) is 0.999. The van der Waals surface area contributed by atoms with E-state index in [4.69, 9.17) is 0 Å². The van der Waals surface area contributed by atoms with Crippen LogP contribution in [0.3, 0.4) is 0 Å². The van der Waals surface area contributed by atoms with Crippen molar-refractivity contribution >= 4 is 29.5 Å². The number of nitrogens with zero attached hydrogens (tertiary/aromatic N) is 1. The van der Waals surface area contributed by atoms with Crippen molar-refractivity contribution in [3.05, 3.63) is 35.9 Å². The standard InChI is InChI=1S/C24H33N3O4S/c1-14(2)26-21(30)19-24-11-10-23(4,32-24)17(18(24)22(31)27(19)15(3)13-28)20(29)25-12-16-8-6-5-7-9-16/h5-9,14-15,17-19,28H,10-13H2,1-4H3,(H,25,29)(H,26,30)/t15-,17-,18+,19?,23+,24?/m1/s1. The van der Waals surface area contributed by atoms with Gasteiger partial charge in [-0.15, -0.1) is 11.8 Å². The minimum absolute atomic E-state index is 0.0662. The van der Waals surface area contributed by atoms with Crippen LogP contribution in [0.4, 0.5) is 0 Å². The Hall–Kier alpha value is -2.06. The number of nitrogens with one attached hydrogen (secondary N) is 2. The molecule has 0 saturated carbocycles. The molecular weight excluding hydrogens is 426 g/mol. The number of aliphatic hydroxyl groups excluding tert-OH is 1. The maximum atomic E-state index is 13.7. The highest BCUT2D eigenvalue weighted by molar-refractivity contribution is 8.02. The number of benzene rings is 1. The summed E-state index contributed by atoms with van der Waals surface area (Å²) in [6.45, 7) is 7.77. The van der Waals surface area contributed by atoms with Crippen LogP contribution in [0, 0.1) is 11.8 Å². The molecule has 3 saturated heterocycles. The van der Waals surface area contributed by atoms with Crippen LogP contribution in [-0.2, 0) is 20.9 Å². The van der Waals surface area contributed by atoms with Gasteiger partial charge in [-0.3, -0.25) is 14.4 Å². The highest BCUT2D eigenvalue weighted by Gasteiger charge is 2.77. The van der Waals surface area contributed by atoms with Gasteiger partial charge in [0.1, 0.15) is 6.04 Å². The van der Waals surface area contributed by atoms with Crippen LogP contribution in [-0.4, -0.2) is 62.0 Å². The first-order chi connectivity index (χ1) is 15.1. The maximum absolute atomic E-state index is 13.7. The van der Waals surface area contributed by atoms with Gasteiger partial charge in [-0.25, -0.2) is 0 Å². The summed E-state index contributed by atoms with van der Waals surface area (Å²) in [5, 5.41) is 15.9. The van der Waals surface area contributed by atoms with Crippen LogP contribution in [0.15, 0.2) is 30.3 Å². The lowest BCUT2D eigenvalue weighted by molar-refractivity contribution is -0.143. The minimum atomic E-state index is -0.691. The summed E-state index contributed by atoms with van der Waals surface area (Å²) < 4.78 is -1.05. The molecule has 2 bridgehead atoms. The number of amides is 3. The molecule has 3 aliphatic rings. The first-order valence-electron chi connectivity index (χ1n) is 11.4. The van der Waals surface area contributed by atoms with E-state index in [2.05, 4.69) is 17.6 Å². The van der Waals surface area contributed by atoms with Crippen LogP contribution in [0.5, 0.6) is 0 Å². The highest BCUT2D eigenvalue weighted by Crippen LogP contribution is 2.71. The van der Waals surface area contributed by atoms with Gasteiger partial charge >= 0.3 is 0 Å². The van der Waals surface area contributed by atoms with Crippen LogP contribution >= 0.6 is 11.8 Å². The second-order valence-electron chi connectivity index (χ2n) is 9.87. The second-order valence-corrected chi connectivity index (χ2v) is 11.8. The summed E-state index contributed by atoms with van der Waals surface area (Å²) in [6, 6.07) is 8.44. The molecule has 1 aromatic rings. The van der Waals surface area contributed by atoms with E-state index in [0.29, 0.717) is 13.0 Å². The van der Waals surface area contributed by atoms with Gasteiger partial charge in [-0.05, 0) is 46.1 Å². The fraction of sp³-hybridized carbons (Fsp3) is 0.625. The van der Waals surface area contributed by atoms with Gasteiger partial charge < -0.3 is 20.6 Å². The smallest absolute Gasteiger partial charge is 0.244 e. The van der Waals surface area contributed by atoms with E-state index in [-0.39, 0.29) is 30.4 Å². The SMILES string of the molecule is CC(C)NC(=O)C1N([C@H](C)CO)C(=O)[C@@H]2[C@H](C(=O)NCc3ccccc3)[C@]3(C)CCC12S3. The Morgan fingerprint density at radius 1 is 1.19 bits per heavy atom. The van der Waals surface area contributed by atoms with Crippen LogP contribution < -0.4 is 10.6 Å². The lowest BCUT2D eigenvalue weighted by Crippen LogP contribution is -2.57. The third-order valence-corrected chi connectivity index (χ3v) is 9.21. The van der Waals surface area contributed by atoms with Crippen molar-refractivity contribution in [1.82, 2.24) is 15.5 Å². The number of fused-ring (bicyclic) bond motifs is 1. The lowest BCUT2D eigenvalue weighted by atomic mass is 9.66. The van der Waals surface area contributed by atoms with E-state index in [0.717, 1.165) is 12.0 Å². The zero-order chi connectivity index (χ0) is 23.3. The van der Waals surface area contributed by atoms with Gasteiger partial charge in [-0.2, -0.15) is 0 Å². The molecule has 4 rings (SSSR count). The Morgan fingerprint density at radius 3 is 2.50 bits per heavy atom. The monoisotopic (exact) mass is 459 g/mol. The molecule has 174 valence electrons. The molecule has 3 heterocycles. The number of likely N-dealkylation sites (tertiary alicyclic amines) is 1. The number of aliphatic hydroxyl groups is 1. The molecular formula is C24H33N3O4S. The van der Waals surface area contributed by atoms with E-state index >= 15 is 0 Å². The quantitative estimate of drug-likeness (QED) is 0.576. The van der Waals surface area contributed by atoms with Gasteiger partial charge in [0.15, 0.2) is 0 Å². The maximum Gasteiger partial charge on any atom is 0.244 e. The predicted octanol–water partition coefficient (Wildman–Crippen LogP) is 1.69. The zero-order valence-corrected chi connectivity index (χ0v) is 19.9. The van der Waals surface area contributed by atoms with E-state index in [1.807, 2.05) is 44.2 Å². The van der Waals surface area contributed by atoms with Crippen molar-refractivity contribution in [2.45, 2.75) is 74.7 Å². The third-order valence-electron chi connectivity index (χ3n) is 7.22. The van der Waals surface area contributed by atoms with Gasteiger partial charge in [0.25, 0.3) is 0 Å². The number of carbonyl (C=O) groups is 3. The van der Waals surface area contributed by atoms with Crippen LogP contribution in [0.25, 0.3) is 0 Å². The summed E-state index contributed by atoms with van der Waals surface area (Å²) >= 11 is 1.64. The molecule has 8 heteroatoms. The number of hydrogen-bond donors (Lipinski definition) is 3. The van der Waals surface area contributed by atoms with Crippen molar-refractivity contribution in [2.75, 3.05) is 6.61 Å². The van der Waals surface area contributed by atoms with Crippen molar-refractivity contribution in [3.63, 3.8) is 0 Å². The van der Waals surface area contributed by atoms with E-state index < -0.39 is 33.4 Å². The fourth-order valence-electron chi connectivity index (χ4n) is 5.88. The number of carbonyl (C=O) groups excluding carboxylic acids is 3. The molecule has 6 atom stereocenters. The highest BCUT2D eigenvalue weighted by atomic mass is 32.2. The van der Waals surface area contributed by atoms with Gasteiger partial charge in [0, 0.05) is 17.3 Å². The molecule has 2 unspecified atom stereocenters. The Bertz CT molecular complexity index is 910. The Labute approximate surface area is 193 Å². The van der Waals surface area contributed by atoms with Gasteiger partial charge in [0.2, 0.25) is 17.7 Å². The van der Waals surface area contributed by atoms with Crippen molar-refractivity contribution < 1.29 is 19.5 Å².